The number of amides is 1. The molecule has 0 saturated carbocycles. The molecule has 21 heavy (non-hydrogen) atoms. The molecule has 112 valence electrons. The minimum atomic E-state index is -0.0978. The number of rotatable bonds is 4. The number of benzene rings is 1. The average Bonchev–Trinajstić information content (AvgIpc) is 2.82. The summed E-state index contributed by atoms with van der Waals surface area (Å²) in [5.74, 6) is 0.637. The Kier molecular flexibility index (Phi) is 4.67. The van der Waals surface area contributed by atoms with Crippen LogP contribution in [0.2, 0.25) is 0 Å². The molecule has 1 heterocycles. The van der Waals surface area contributed by atoms with Gasteiger partial charge in [0.2, 0.25) is 11.8 Å². The number of hydrogen-bond donors (Lipinski definition) is 1. The molecule has 0 saturated heterocycles. The highest BCUT2D eigenvalue weighted by Crippen LogP contribution is 2.23. The predicted octanol–water partition coefficient (Wildman–Crippen LogP) is 3.41. The van der Waals surface area contributed by atoms with Gasteiger partial charge in [0.25, 0.3) is 5.22 Å². The summed E-state index contributed by atoms with van der Waals surface area (Å²) in [5.41, 5.74) is 2.13. The van der Waals surface area contributed by atoms with E-state index in [-0.39, 0.29) is 17.1 Å². The molecule has 0 atom stereocenters. The number of carbonyl (C=O) groups is 1. The fraction of sp³-hybridized carbons (Fsp3) is 0.400. The van der Waals surface area contributed by atoms with Gasteiger partial charge in [0, 0.05) is 12.6 Å². The maximum Gasteiger partial charge on any atom is 0.277 e. The molecular weight excluding hydrogens is 286 g/mol. The molecule has 6 heteroatoms. The number of aryl methyl sites for hydroxylation is 1. The van der Waals surface area contributed by atoms with Crippen molar-refractivity contribution >= 4 is 23.4 Å². The van der Waals surface area contributed by atoms with Crippen LogP contribution in [0.25, 0.3) is 0 Å². The quantitative estimate of drug-likeness (QED) is 0.877. The first-order chi connectivity index (χ1) is 9.84. The molecule has 1 amide bonds. The van der Waals surface area contributed by atoms with Crippen LogP contribution >= 0.6 is 11.8 Å². The number of hydrogen-bond acceptors (Lipinski definition) is 5. The summed E-state index contributed by atoms with van der Waals surface area (Å²) in [5, 5.41) is 10.8. The van der Waals surface area contributed by atoms with E-state index in [2.05, 4.69) is 36.3 Å². The van der Waals surface area contributed by atoms with Gasteiger partial charge in [-0.1, -0.05) is 44.7 Å². The molecule has 1 aromatic heterocycles. The van der Waals surface area contributed by atoms with Gasteiger partial charge in [0.15, 0.2) is 0 Å². The first-order valence-electron chi connectivity index (χ1n) is 6.68. The van der Waals surface area contributed by atoms with Crippen molar-refractivity contribution in [2.75, 3.05) is 11.1 Å². The van der Waals surface area contributed by atoms with E-state index >= 15 is 0 Å². The summed E-state index contributed by atoms with van der Waals surface area (Å²) < 4.78 is 5.20. The molecule has 0 aliphatic rings. The van der Waals surface area contributed by atoms with Crippen LogP contribution in [0.4, 0.5) is 5.69 Å². The highest BCUT2D eigenvalue weighted by atomic mass is 32.2. The standard InChI is InChI=1S/C15H19N3O2S/c1-10-17-18-14(20-10)21-9-13(19)16-12-7-5-11(6-8-12)15(2,3)4/h5-8H,9H2,1-4H3,(H,16,19). The van der Waals surface area contributed by atoms with E-state index in [1.807, 2.05) is 24.3 Å². The monoisotopic (exact) mass is 305 g/mol. The van der Waals surface area contributed by atoms with Gasteiger partial charge in [-0.25, -0.2) is 0 Å². The van der Waals surface area contributed by atoms with Crippen molar-refractivity contribution in [1.82, 2.24) is 10.2 Å². The van der Waals surface area contributed by atoms with Crippen LogP contribution in [0.5, 0.6) is 0 Å². The molecular formula is C15H19N3O2S. The fourth-order valence-electron chi connectivity index (χ4n) is 1.71. The summed E-state index contributed by atoms with van der Waals surface area (Å²) in [6.45, 7) is 8.19. The second kappa shape index (κ2) is 6.30. The van der Waals surface area contributed by atoms with E-state index in [4.69, 9.17) is 4.42 Å². The second-order valence-corrected chi connectivity index (χ2v) is 6.68. The van der Waals surface area contributed by atoms with E-state index in [1.165, 1.54) is 17.3 Å². The van der Waals surface area contributed by atoms with E-state index in [9.17, 15) is 4.79 Å². The SMILES string of the molecule is Cc1nnc(SCC(=O)Nc2ccc(C(C)(C)C)cc2)o1. The predicted molar refractivity (Wildman–Crippen MR) is 83.5 cm³/mol. The Morgan fingerprint density at radius 2 is 1.90 bits per heavy atom. The van der Waals surface area contributed by atoms with Crippen molar-refractivity contribution in [2.45, 2.75) is 38.3 Å². The third kappa shape index (κ3) is 4.60. The largest absolute Gasteiger partial charge is 0.416 e. The molecule has 2 rings (SSSR count). The minimum absolute atomic E-state index is 0.0978. The van der Waals surface area contributed by atoms with Crippen LogP contribution in [0.15, 0.2) is 33.9 Å². The van der Waals surface area contributed by atoms with Gasteiger partial charge in [0.05, 0.1) is 5.75 Å². The Bertz CT molecular complexity index is 615. The Labute approximate surface area is 128 Å². The lowest BCUT2D eigenvalue weighted by atomic mass is 9.87. The summed E-state index contributed by atoms with van der Waals surface area (Å²) in [6, 6.07) is 7.90. The average molecular weight is 305 g/mol. The molecule has 5 nitrogen and oxygen atoms in total. The molecule has 0 unspecified atom stereocenters. The number of thioether (sulfide) groups is 1. The first-order valence-corrected chi connectivity index (χ1v) is 7.66. The van der Waals surface area contributed by atoms with E-state index < -0.39 is 0 Å². The molecule has 0 aliphatic heterocycles. The first kappa shape index (κ1) is 15.6. The second-order valence-electron chi connectivity index (χ2n) is 5.75. The van der Waals surface area contributed by atoms with Gasteiger partial charge in [-0.2, -0.15) is 0 Å². The molecule has 2 aromatic rings. The van der Waals surface area contributed by atoms with Crippen molar-refractivity contribution < 1.29 is 9.21 Å². The highest BCUT2D eigenvalue weighted by molar-refractivity contribution is 7.99. The summed E-state index contributed by atoms with van der Waals surface area (Å²) in [7, 11) is 0. The van der Waals surface area contributed by atoms with Crippen LogP contribution in [0, 0.1) is 6.92 Å². The third-order valence-electron chi connectivity index (χ3n) is 2.87. The maximum atomic E-state index is 11.9. The van der Waals surface area contributed by atoms with Crippen molar-refractivity contribution in [3.8, 4) is 0 Å². The molecule has 1 N–H and O–H groups in total. The number of aromatic nitrogens is 2. The lowest BCUT2D eigenvalue weighted by molar-refractivity contribution is -0.113. The smallest absolute Gasteiger partial charge is 0.277 e. The zero-order valence-electron chi connectivity index (χ0n) is 12.6. The van der Waals surface area contributed by atoms with E-state index in [0.717, 1.165) is 5.69 Å². The third-order valence-corrected chi connectivity index (χ3v) is 3.69. The molecule has 0 bridgehead atoms. The molecule has 1 aromatic carbocycles. The van der Waals surface area contributed by atoms with Gasteiger partial charge in [0.1, 0.15) is 0 Å². The number of nitrogens with one attached hydrogen (secondary N) is 1. The Balaban J connectivity index is 1.88. The summed E-state index contributed by atoms with van der Waals surface area (Å²) in [4.78, 5) is 11.9. The number of anilines is 1. The minimum Gasteiger partial charge on any atom is -0.416 e. The zero-order valence-corrected chi connectivity index (χ0v) is 13.5. The molecule has 0 spiro atoms. The molecule has 0 aliphatic carbocycles. The van der Waals surface area contributed by atoms with Crippen LogP contribution in [-0.4, -0.2) is 21.9 Å². The Morgan fingerprint density at radius 3 is 2.43 bits per heavy atom. The zero-order chi connectivity index (χ0) is 15.5. The Morgan fingerprint density at radius 1 is 1.24 bits per heavy atom. The van der Waals surface area contributed by atoms with Crippen LogP contribution in [0.3, 0.4) is 0 Å². The Hall–Kier alpha value is -1.82. The van der Waals surface area contributed by atoms with Gasteiger partial charge in [-0.05, 0) is 23.1 Å². The van der Waals surface area contributed by atoms with Crippen LogP contribution in [-0.2, 0) is 10.2 Å². The van der Waals surface area contributed by atoms with Gasteiger partial charge in [-0.15, -0.1) is 10.2 Å². The van der Waals surface area contributed by atoms with Gasteiger partial charge >= 0.3 is 0 Å². The van der Waals surface area contributed by atoms with Crippen molar-refractivity contribution in [2.24, 2.45) is 0 Å². The van der Waals surface area contributed by atoms with Gasteiger partial charge in [-0.3, -0.25) is 4.79 Å². The summed E-state index contributed by atoms with van der Waals surface area (Å²) in [6.07, 6.45) is 0. The van der Waals surface area contributed by atoms with E-state index in [0.29, 0.717) is 11.1 Å². The summed E-state index contributed by atoms with van der Waals surface area (Å²) >= 11 is 1.22. The highest BCUT2D eigenvalue weighted by Gasteiger charge is 2.13. The normalized spacial score (nSPS) is 11.4. The molecule has 0 fully saturated rings. The lowest BCUT2D eigenvalue weighted by Crippen LogP contribution is -2.15. The number of nitrogens with zero attached hydrogens (tertiary/aromatic N) is 2. The molecule has 0 radical (unpaired) electrons. The van der Waals surface area contributed by atoms with Crippen molar-refractivity contribution in [3.63, 3.8) is 0 Å². The van der Waals surface area contributed by atoms with Crippen molar-refractivity contribution in [3.05, 3.63) is 35.7 Å². The maximum absolute atomic E-state index is 11.9. The van der Waals surface area contributed by atoms with Crippen molar-refractivity contribution in [1.29, 1.82) is 0 Å². The van der Waals surface area contributed by atoms with Crippen LogP contribution < -0.4 is 5.32 Å². The topological polar surface area (TPSA) is 68.0 Å². The fourth-order valence-corrected chi connectivity index (χ4v) is 2.32. The number of carbonyl (C=O) groups excluding carboxylic acids is 1. The lowest BCUT2D eigenvalue weighted by Gasteiger charge is -2.19. The van der Waals surface area contributed by atoms with E-state index in [1.54, 1.807) is 6.92 Å². The van der Waals surface area contributed by atoms with Crippen LogP contribution in [0.1, 0.15) is 32.2 Å². The van der Waals surface area contributed by atoms with Gasteiger partial charge < -0.3 is 9.73 Å².